The van der Waals surface area contributed by atoms with Gasteiger partial charge in [-0.3, -0.25) is 0 Å². The van der Waals surface area contributed by atoms with Crippen LogP contribution in [0.5, 0.6) is 5.75 Å². The molecule has 0 saturated heterocycles. The lowest BCUT2D eigenvalue weighted by Gasteiger charge is -2.10. The van der Waals surface area contributed by atoms with Gasteiger partial charge in [0.15, 0.2) is 0 Å². The van der Waals surface area contributed by atoms with Gasteiger partial charge >= 0.3 is 0 Å². The summed E-state index contributed by atoms with van der Waals surface area (Å²) >= 11 is 0. The molecular formula is C10H15NO2. The van der Waals surface area contributed by atoms with E-state index in [1.54, 1.807) is 18.2 Å². The van der Waals surface area contributed by atoms with Crippen molar-refractivity contribution in [3.63, 3.8) is 0 Å². The van der Waals surface area contributed by atoms with Crippen LogP contribution in [0.1, 0.15) is 24.4 Å². The first-order valence-electron chi connectivity index (χ1n) is 4.39. The molecule has 0 fully saturated rings. The summed E-state index contributed by atoms with van der Waals surface area (Å²) in [6.07, 6.45) is 1.43. The van der Waals surface area contributed by atoms with Gasteiger partial charge in [0.25, 0.3) is 0 Å². The topological polar surface area (TPSA) is 66.5 Å². The zero-order valence-corrected chi connectivity index (χ0v) is 7.48. The van der Waals surface area contributed by atoms with Crippen LogP contribution in [0.15, 0.2) is 24.3 Å². The molecule has 1 atom stereocenters. The predicted octanol–water partition coefficient (Wildman–Crippen LogP) is 1.16. The van der Waals surface area contributed by atoms with Gasteiger partial charge in [-0.25, -0.2) is 0 Å². The number of benzene rings is 1. The molecule has 0 aliphatic heterocycles. The van der Waals surface area contributed by atoms with E-state index < -0.39 is 0 Å². The Balaban J connectivity index is 2.60. The smallest absolute Gasteiger partial charge is 0.115 e. The first-order chi connectivity index (χ1) is 6.24. The number of phenolic OH excluding ortho intramolecular Hbond substituents is 1. The van der Waals surface area contributed by atoms with Crippen molar-refractivity contribution in [1.29, 1.82) is 0 Å². The van der Waals surface area contributed by atoms with E-state index in [-0.39, 0.29) is 18.4 Å². The molecule has 4 N–H and O–H groups in total. The zero-order chi connectivity index (χ0) is 9.68. The van der Waals surface area contributed by atoms with E-state index in [1.807, 2.05) is 6.07 Å². The van der Waals surface area contributed by atoms with Crippen LogP contribution >= 0.6 is 0 Å². The van der Waals surface area contributed by atoms with Gasteiger partial charge < -0.3 is 15.9 Å². The molecular weight excluding hydrogens is 166 g/mol. The fraction of sp³-hybridized carbons (Fsp3) is 0.400. The van der Waals surface area contributed by atoms with Gasteiger partial charge in [0.05, 0.1) is 0 Å². The van der Waals surface area contributed by atoms with Crippen molar-refractivity contribution >= 4 is 0 Å². The monoisotopic (exact) mass is 181 g/mol. The Morgan fingerprint density at radius 2 is 2.15 bits per heavy atom. The summed E-state index contributed by atoms with van der Waals surface area (Å²) in [6.45, 7) is 0.159. The van der Waals surface area contributed by atoms with Gasteiger partial charge in [-0.2, -0.15) is 0 Å². The first kappa shape index (κ1) is 10.0. The van der Waals surface area contributed by atoms with Crippen molar-refractivity contribution in [2.75, 3.05) is 6.61 Å². The van der Waals surface area contributed by atoms with Gasteiger partial charge in [-0.15, -0.1) is 0 Å². The van der Waals surface area contributed by atoms with E-state index in [2.05, 4.69) is 0 Å². The molecule has 72 valence electrons. The summed E-state index contributed by atoms with van der Waals surface area (Å²) in [5, 5.41) is 17.8. The van der Waals surface area contributed by atoms with Crippen molar-refractivity contribution in [2.45, 2.75) is 18.9 Å². The second kappa shape index (κ2) is 4.84. The lowest BCUT2D eigenvalue weighted by Crippen LogP contribution is -2.10. The second-order valence-corrected chi connectivity index (χ2v) is 3.07. The van der Waals surface area contributed by atoms with Crippen LogP contribution in [0.3, 0.4) is 0 Å². The molecule has 0 unspecified atom stereocenters. The Bertz CT molecular complexity index is 263. The predicted molar refractivity (Wildman–Crippen MR) is 51.4 cm³/mol. The number of nitrogens with two attached hydrogens (primary N) is 1. The fourth-order valence-corrected chi connectivity index (χ4v) is 1.23. The summed E-state index contributed by atoms with van der Waals surface area (Å²) in [6, 6.07) is 6.81. The molecule has 1 rings (SSSR count). The van der Waals surface area contributed by atoms with Crippen LogP contribution in [0.4, 0.5) is 0 Å². The Morgan fingerprint density at radius 3 is 2.77 bits per heavy atom. The van der Waals surface area contributed by atoms with E-state index in [1.165, 1.54) is 0 Å². The van der Waals surface area contributed by atoms with Gasteiger partial charge in [0.1, 0.15) is 5.75 Å². The minimum Gasteiger partial charge on any atom is -0.508 e. The quantitative estimate of drug-likeness (QED) is 0.653. The molecule has 0 aliphatic carbocycles. The minimum atomic E-state index is -0.0979. The number of aromatic hydroxyl groups is 1. The summed E-state index contributed by atoms with van der Waals surface area (Å²) in [7, 11) is 0. The molecule has 0 aromatic heterocycles. The van der Waals surface area contributed by atoms with Gasteiger partial charge in [0, 0.05) is 12.6 Å². The summed E-state index contributed by atoms with van der Waals surface area (Å²) in [4.78, 5) is 0. The number of phenols is 1. The van der Waals surface area contributed by atoms with E-state index in [4.69, 9.17) is 10.8 Å². The molecule has 3 heteroatoms. The maximum Gasteiger partial charge on any atom is 0.115 e. The molecule has 0 spiro atoms. The number of aliphatic hydroxyl groups excluding tert-OH is 1. The highest BCUT2D eigenvalue weighted by atomic mass is 16.3. The van der Waals surface area contributed by atoms with E-state index in [0.717, 1.165) is 12.0 Å². The van der Waals surface area contributed by atoms with E-state index in [9.17, 15) is 5.11 Å². The largest absolute Gasteiger partial charge is 0.508 e. The third-order valence-corrected chi connectivity index (χ3v) is 1.97. The average molecular weight is 181 g/mol. The lowest BCUT2D eigenvalue weighted by molar-refractivity contribution is 0.280. The van der Waals surface area contributed by atoms with E-state index >= 15 is 0 Å². The molecule has 3 nitrogen and oxygen atoms in total. The lowest BCUT2D eigenvalue weighted by atomic mass is 10.0. The van der Waals surface area contributed by atoms with Crippen molar-refractivity contribution < 1.29 is 10.2 Å². The maximum absolute atomic E-state index is 9.18. The zero-order valence-electron chi connectivity index (χ0n) is 7.48. The van der Waals surface area contributed by atoms with Crippen molar-refractivity contribution in [2.24, 2.45) is 5.73 Å². The molecule has 1 aromatic carbocycles. The summed E-state index contributed by atoms with van der Waals surface area (Å²) in [5.74, 6) is 0.233. The molecule has 0 aliphatic rings. The number of hydrogen-bond acceptors (Lipinski definition) is 3. The van der Waals surface area contributed by atoms with Crippen molar-refractivity contribution in [3.8, 4) is 5.75 Å². The van der Waals surface area contributed by atoms with Crippen LogP contribution in [0, 0.1) is 0 Å². The third-order valence-electron chi connectivity index (χ3n) is 1.97. The Hall–Kier alpha value is -1.06. The Morgan fingerprint density at radius 1 is 1.38 bits per heavy atom. The molecule has 13 heavy (non-hydrogen) atoms. The number of hydrogen-bond donors (Lipinski definition) is 3. The summed E-state index contributed by atoms with van der Waals surface area (Å²) < 4.78 is 0. The average Bonchev–Trinajstić information content (AvgIpc) is 2.14. The molecule has 0 bridgehead atoms. The van der Waals surface area contributed by atoms with Crippen LogP contribution < -0.4 is 5.73 Å². The number of aliphatic hydroxyl groups is 1. The Labute approximate surface area is 77.8 Å². The maximum atomic E-state index is 9.18. The molecule has 0 saturated carbocycles. The highest BCUT2D eigenvalue weighted by Crippen LogP contribution is 2.19. The minimum absolute atomic E-state index is 0.0979. The molecule has 1 aromatic rings. The highest BCUT2D eigenvalue weighted by molar-refractivity contribution is 5.29. The standard InChI is InChI=1S/C10H15NO2/c11-10(5-2-6-12)8-3-1-4-9(13)7-8/h1,3-4,7,10,12-13H,2,5-6,11H2/t10-/m0/s1. The molecule has 0 radical (unpaired) electrons. The van der Waals surface area contributed by atoms with Gasteiger partial charge in [-0.1, -0.05) is 12.1 Å². The van der Waals surface area contributed by atoms with Crippen LogP contribution in [0.2, 0.25) is 0 Å². The van der Waals surface area contributed by atoms with Crippen LogP contribution in [-0.2, 0) is 0 Å². The highest BCUT2D eigenvalue weighted by Gasteiger charge is 2.05. The normalized spacial score (nSPS) is 12.8. The van der Waals surface area contributed by atoms with Crippen molar-refractivity contribution in [3.05, 3.63) is 29.8 Å². The van der Waals surface area contributed by atoms with Crippen molar-refractivity contribution in [1.82, 2.24) is 0 Å². The molecule has 0 amide bonds. The number of rotatable bonds is 4. The SMILES string of the molecule is N[C@@H](CCCO)c1cccc(O)c1. The van der Waals surface area contributed by atoms with Crippen LogP contribution in [-0.4, -0.2) is 16.8 Å². The Kier molecular flexibility index (Phi) is 3.73. The van der Waals surface area contributed by atoms with Crippen LogP contribution in [0.25, 0.3) is 0 Å². The second-order valence-electron chi connectivity index (χ2n) is 3.07. The third kappa shape index (κ3) is 3.05. The summed E-state index contributed by atoms with van der Waals surface area (Å²) in [5.41, 5.74) is 6.74. The van der Waals surface area contributed by atoms with E-state index in [0.29, 0.717) is 6.42 Å². The van der Waals surface area contributed by atoms with Gasteiger partial charge in [0.2, 0.25) is 0 Å². The van der Waals surface area contributed by atoms with Gasteiger partial charge in [-0.05, 0) is 30.5 Å². The fourth-order valence-electron chi connectivity index (χ4n) is 1.23. The first-order valence-corrected chi connectivity index (χ1v) is 4.39. The molecule has 0 heterocycles.